The topological polar surface area (TPSA) is 93.0 Å². The Bertz CT molecular complexity index is 579. The average molecular weight is 248 g/mol. The summed E-state index contributed by atoms with van der Waals surface area (Å²) in [4.78, 5) is 35.0. The van der Waals surface area contributed by atoms with Gasteiger partial charge in [-0.05, 0) is 6.07 Å². The number of nitro groups is 1. The minimum absolute atomic E-state index is 0.0925. The molecule has 0 spiro atoms. The molecule has 2 aliphatic heterocycles. The monoisotopic (exact) mass is 248 g/mol. The van der Waals surface area contributed by atoms with Crippen molar-refractivity contribution in [3.05, 3.63) is 39.4 Å². The van der Waals surface area contributed by atoms with Crippen molar-refractivity contribution >= 4 is 17.5 Å². The Hall–Kier alpha value is -2.28. The summed E-state index contributed by atoms with van der Waals surface area (Å²) in [5.74, 6) is -0.908. The molecule has 92 valence electrons. The van der Waals surface area contributed by atoms with Gasteiger partial charge in [-0.25, -0.2) is 0 Å². The van der Waals surface area contributed by atoms with Crippen LogP contribution in [0.1, 0.15) is 20.7 Å². The molecule has 0 bridgehead atoms. The zero-order valence-corrected chi connectivity index (χ0v) is 9.16. The van der Waals surface area contributed by atoms with Crippen molar-refractivity contribution in [2.75, 3.05) is 13.2 Å². The van der Waals surface area contributed by atoms with Crippen molar-refractivity contribution in [1.29, 1.82) is 0 Å². The molecule has 2 heterocycles. The fourth-order valence-electron chi connectivity index (χ4n) is 1.94. The van der Waals surface area contributed by atoms with E-state index in [1.807, 2.05) is 0 Å². The number of rotatable bonds is 3. The summed E-state index contributed by atoms with van der Waals surface area (Å²) < 4.78 is 4.97. The number of nitro benzene ring substituents is 1. The molecule has 0 radical (unpaired) electrons. The van der Waals surface area contributed by atoms with Gasteiger partial charge in [0.05, 0.1) is 35.3 Å². The van der Waals surface area contributed by atoms with Crippen molar-refractivity contribution in [1.82, 2.24) is 4.90 Å². The number of hydrogen-bond donors (Lipinski definition) is 0. The van der Waals surface area contributed by atoms with E-state index in [0.29, 0.717) is 6.61 Å². The van der Waals surface area contributed by atoms with Crippen LogP contribution in [0.4, 0.5) is 5.69 Å². The van der Waals surface area contributed by atoms with Gasteiger partial charge in [0, 0.05) is 12.1 Å². The van der Waals surface area contributed by atoms with E-state index < -0.39 is 16.7 Å². The van der Waals surface area contributed by atoms with Crippen LogP contribution in [-0.4, -0.2) is 40.9 Å². The highest BCUT2D eigenvalue weighted by Crippen LogP contribution is 2.28. The van der Waals surface area contributed by atoms with Gasteiger partial charge in [0.15, 0.2) is 0 Å². The van der Waals surface area contributed by atoms with Crippen molar-refractivity contribution < 1.29 is 19.2 Å². The summed E-state index contributed by atoms with van der Waals surface area (Å²) in [6.45, 7) is 0.744. The van der Waals surface area contributed by atoms with Gasteiger partial charge in [0.2, 0.25) is 0 Å². The second-order valence-corrected chi connectivity index (χ2v) is 4.16. The first-order valence-electron chi connectivity index (χ1n) is 5.34. The summed E-state index contributed by atoms with van der Waals surface area (Å²) in [7, 11) is 0. The first kappa shape index (κ1) is 10.8. The van der Waals surface area contributed by atoms with Gasteiger partial charge in [-0.2, -0.15) is 0 Å². The van der Waals surface area contributed by atoms with Gasteiger partial charge in [0.25, 0.3) is 17.5 Å². The number of benzene rings is 1. The average Bonchev–Trinajstić information content (AvgIpc) is 3.13. The minimum atomic E-state index is -0.593. The van der Waals surface area contributed by atoms with Gasteiger partial charge in [0.1, 0.15) is 0 Å². The number of carbonyl (C=O) groups excluding carboxylic acids is 2. The highest BCUT2D eigenvalue weighted by Gasteiger charge is 2.40. The Morgan fingerprint density at radius 3 is 2.61 bits per heavy atom. The molecule has 3 rings (SSSR count). The molecular formula is C11H8N2O5. The first-order valence-corrected chi connectivity index (χ1v) is 5.34. The number of nitrogens with zero attached hydrogens (tertiary/aromatic N) is 2. The Kier molecular flexibility index (Phi) is 2.17. The van der Waals surface area contributed by atoms with E-state index >= 15 is 0 Å². The molecule has 2 aliphatic rings. The smallest absolute Gasteiger partial charge is 0.270 e. The van der Waals surface area contributed by atoms with E-state index in [1.165, 1.54) is 12.1 Å². The molecule has 1 fully saturated rings. The molecule has 1 aromatic carbocycles. The van der Waals surface area contributed by atoms with Gasteiger partial charge in [-0.1, -0.05) is 0 Å². The van der Waals surface area contributed by atoms with E-state index in [1.54, 1.807) is 0 Å². The van der Waals surface area contributed by atoms with Crippen LogP contribution in [0.3, 0.4) is 0 Å². The molecule has 0 aromatic heterocycles. The quantitative estimate of drug-likeness (QED) is 0.338. The van der Waals surface area contributed by atoms with Gasteiger partial charge in [-0.3, -0.25) is 24.6 Å². The molecule has 1 saturated heterocycles. The summed E-state index contributed by atoms with van der Waals surface area (Å²) in [5.41, 5.74) is 0.112. The number of amides is 2. The molecule has 1 aromatic rings. The molecular weight excluding hydrogens is 240 g/mol. The normalized spacial score (nSPS) is 21.1. The van der Waals surface area contributed by atoms with Crippen LogP contribution >= 0.6 is 0 Å². The summed E-state index contributed by atoms with van der Waals surface area (Å²) in [6, 6.07) is 3.69. The molecule has 0 saturated carbocycles. The molecule has 2 amide bonds. The van der Waals surface area contributed by atoms with Crippen LogP contribution in [0.2, 0.25) is 0 Å². The summed E-state index contributed by atoms with van der Waals surface area (Å²) in [6.07, 6.45) is -0.0952. The van der Waals surface area contributed by atoms with E-state index in [4.69, 9.17) is 4.74 Å². The lowest BCUT2D eigenvalue weighted by molar-refractivity contribution is -0.384. The Labute approximate surface area is 101 Å². The van der Waals surface area contributed by atoms with Crippen molar-refractivity contribution in [2.45, 2.75) is 6.10 Å². The predicted molar refractivity (Wildman–Crippen MR) is 58.2 cm³/mol. The Balaban J connectivity index is 1.98. The Morgan fingerprint density at radius 1 is 1.33 bits per heavy atom. The lowest BCUT2D eigenvalue weighted by atomic mass is 10.1. The molecule has 7 nitrogen and oxygen atoms in total. The first-order chi connectivity index (χ1) is 8.58. The van der Waals surface area contributed by atoms with Crippen LogP contribution in [0.25, 0.3) is 0 Å². The van der Waals surface area contributed by atoms with Crippen LogP contribution < -0.4 is 0 Å². The number of imide groups is 1. The number of epoxide rings is 1. The number of carbonyl (C=O) groups is 2. The third kappa shape index (κ3) is 1.56. The second kappa shape index (κ2) is 3.61. The highest BCUT2D eigenvalue weighted by atomic mass is 16.6. The third-order valence-corrected chi connectivity index (χ3v) is 2.95. The van der Waals surface area contributed by atoms with Crippen LogP contribution in [0.5, 0.6) is 0 Å². The summed E-state index contributed by atoms with van der Waals surface area (Å²) in [5, 5.41) is 10.6. The SMILES string of the molecule is O=C1c2ccc([N+](=O)[O-])cc2C(=O)N1CC1CO1. The predicted octanol–water partition coefficient (Wildman–Crippen LogP) is 0.590. The molecule has 1 unspecified atom stereocenters. The van der Waals surface area contributed by atoms with Gasteiger partial charge in [-0.15, -0.1) is 0 Å². The lowest BCUT2D eigenvalue weighted by Gasteiger charge is -2.10. The van der Waals surface area contributed by atoms with E-state index in [2.05, 4.69) is 0 Å². The second-order valence-electron chi connectivity index (χ2n) is 4.16. The van der Waals surface area contributed by atoms with E-state index in [-0.39, 0.29) is 29.5 Å². The standard InChI is InChI=1S/C11H8N2O5/c14-10-8-2-1-6(13(16)17)3-9(8)11(15)12(10)4-7-5-18-7/h1-3,7H,4-5H2. The van der Waals surface area contributed by atoms with E-state index in [0.717, 1.165) is 11.0 Å². The molecule has 7 heteroatoms. The lowest BCUT2D eigenvalue weighted by Crippen LogP contribution is -2.33. The maximum absolute atomic E-state index is 12.0. The molecule has 18 heavy (non-hydrogen) atoms. The van der Waals surface area contributed by atoms with Gasteiger partial charge >= 0.3 is 0 Å². The molecule has 0 aliphatic carbocycles. The minimum Gasteiger partial charge on any atom is -0.371 e. The molecule has 1 atom stereocenters. The van der Waals surface area contributed by atoms with Crippen molar-refractivity contribution in [3.8, 4) is 0 Å². The third-order valence-electron chi connectivity index (χ3n) is 2.95. The zero-order chi connectivity index (χ0) is 12.9. The van der Waals surface area contributed by atoms with Crippen LogP contribution in [0, 0.1) is 10.1 Å². The largest absolute Gasteiger partial charge is 0.371 e. The summed E-state index contributed by atoms with van der Waals surface area (Å²) >= 11 is 0. The van der Waals surface area contributed by atoms with Crippen molar-refractivity contribution in [3.63, 3.8) is 0 Å². The Morgan fingerprint density at radius 2 is 2.00 bits per heavy atom. The number of hydrogen-bond acceptors (Lipinski definition) is 5. The van der Waals surface area contributed by atoms with E-state index in [9.17, 15) is 19.7 Å². The number of non-ortho nitro benzene ring substituents is 1. The molecule has 0 N–H and O–H groups in total. The maximum Gasteiger partial charge on any atom is 0.270 e. The maximum atomic E-state index is 12.0. The highest BCUT2D eigenvalue weighted by molar-refractivity contribution is 6.21. The zero-order valence-electron chi connectivity index (χ0n) is 9.16. The fourth-order valence-corrected chi connectivity index (χ4v) is 1.94. The van der Waals surface area contributed by atoms with Gasteiger partial charge < -0.3 is 4.74 Å². The fraction of sp³-hybridized carbons (Fsp3) is 0.273. The van der Waals surface area contributed by atoms with Crippen LogP contribution in [0.15, 0.2) is 18.2 Å². The van der Waals surface area contributed by atoms with Crippen molar-refractivity contribution in [2.24, 2.45) is 0 Å². The number of fused-ring (bicyclic) bond motifs is 1. The number of ether oxygens (including phenoxy) is 1. The van der Waals surface area contributed by atoms with Crippen LogP contribution in [-0.2, 0) is 4.74 Å².